The average molecular weight is 236 g/mol. The van der Waals surface area contributed by atoms with Gasteiger partial charge < -0.3 is 0 Å². The molecule has 90 valence electrons. The van der Waals surface area contributed by atoms with Crippen LogP contribution in [0.5, 0.6) is 0 Å². The second-order valence-corrected chi connectivity index (χ2v) is 4.62. The molecule has 0 spiro atoms. The summed E-state index contributed by atoms with van der Waals surface area (Å²) in [6.45, 7) is 3.08. The predicted octanol–water partition coefficient (Wildman–Crippen LogP) is 3.61. The lowest BCUT2D eigenvalue weighted by Crippen LogP contribution is -2.11. The second kappa shape index (κ2) is 4.65. The molecule has 0 aromatic heterocycles. The van der Waals surface area contributed by atoms with Gasteiger partial charge in [-0.25, -0.2) is 0 Å². The summed E-state index contributed by atoms with van der Waals surface area (Å²) in [5.41, 5.74) is 4.86. The van der Waals surface area contributed by atoms with Crippen molar-refractivity contribution in [3.63, 3.8) is 0 Å². The van der Waals surface area contributed by atoms with Gasteiger partial charge in [0.15, 0.2) is 0 Å². The van der Waals surface area contributed by atoms with Crippen LogP contribution < -0.4 is 5.01 Å². The van der Waals surface area contributed by atoms with Crippen LogP contribution in [0.4, 0.5) is 5.69 Å². The van der Waals surface area contributed by atoms with E-state index in [-0.39, 0.29) is 0 Å². The summed E-state index contributed by atoms with van der Waals surface area (Å²) in [5, 5.41) is 6.81. The van der Waals surface area contributed by atoms with Crippen molar-refractivity contribution in [3.05, 3.63) is 65.7 Å². The van der Waals surface area contributed by atoms with Crippen LogP contribution in [0, 0.1) is 6.92 Å². The molecule has 1 aliphatic rings. The first-order valence-electron chi connectivity index (χ1n) is 6.30. The quantitative estimate of drug-likeness (QED) is 0.777. The highest BCUT2D eigenvalue weighted by molar-refractivity contribution is 6.02. The van der Waals surface area contributed by atoms with Crippen LogP contribution in [0.15, 0.2) is 59.7 Å². The molecule has 1 aliphatic heterocycles. The van der Waals surface area contributed by atoms with Crippen molar-refractivity contribution in [2.24, 2.45) is 5.10 Å². The van der Waals surface area contributed by atoms with E-state index in [1.54, 1.807) is 0 Å². The molecule has 0 aliphatic carbocycles. The number of anilines is 1. The van der Waals surface area contributed by atoms with Gasteiger partial charge in [-0.15, -0.1) is 0 Å². The third-order valence-corrected chi connectivity index (χ3v) is 3.21. The Bertz CT molecular complexity index is 573. The van der Waals surface area contributed by atoms with E-state index in [0.717, 1.165) is 13.0 Å². The summed E-state index contributed by atoms with van der Waals surface area (Å²) in [5.74, 6) is 0. The maximum absolute atomic E-state index is 4.72. The molecule has 2 aromatic carbocycles. The molecule has 3 rings (SSSR count). The zero-order valence-electron chi connectivity index (χ0n) is 10.5. The molecule has 2 heteroatoms. The first-order chi connectivity index (χ1) is 8.83. The van der Waals surface area contributed by atoms with Crippen LogP contribution in [0.2, 0.25) is 0 Å². The molecule has 0 bridgehead atoms. The molecule has 0 atom stereocenters. The summed E-state index contributed by atoms with van der Waals surface area (Å²) < 4.78 is 0. The fourth-order valence-electron chi connectivity index (χ4n) is 2.27. The molecule has 2 nitrogen and oxygen atoms in total. The average Bonchev–Trinajstić information content (AvgIpc) is 2.89. The Morgan fingerprint density at radius 3 is 2.61 bits per heavy atom. The molecule has 0 N–H and O–H groups in total. The first-order valence-corrected chi connectivity index (χ1v) is 6.30. The SMILES string of the molecule is Cc1cccc(N2CCC(c3ccccc3)=N2)c1. The Kier molecular flexibility index (Phi) is 2.85. The zero-order valence-corrected chi connectivity index (χ0v) is 10.5. The van der Waals surface area contributed by atoms with Gasteiger partial charge in [0.05, 0.1) is 11.4 Å². The fourth-order valence-corrected chi connectivity index (χ4v) is 2.27. The topological polar surface area (TPSA) is 15.6 Å². The number of aryl methyl sites for hydroxylation is 1. The summed E-state index contributed by atoms with van der Waals surface area (Å²) in [7, 11) is 0. The molecule has 0 fully saturated rings. The number of hydrogen-bond donors (Lipinski definition) is 0. The maximum atomic E-state index is 4.72. The summed E-state index contributed by atoms with van der Waals surface area (Å²) >= 11 is 0. The van der Waals surface area contributed by atoms with Crippen molar-refractivity contribution in [3.8, 4) is 0 Å². The van der Waals surface area contributed by atoms with E-state index in [1.807, 2.05) is 6.07 Å². The van der Waals surface area contributed by atoms with Gasteiger partial charge in [-0.1, -0.05) is 42.5 Å². The Balaban J connectivity index is 1.88. The van der Waals surface area contributed by atoms with E-state index < -0.39 is 0 Å². The predicted molar refractivity (Wildman–Crippen MR) is 76.1 cm³/mol. The number of benzene rings is 2. The lowest BCUT2D eigenvalue weighted by Gasteiger charge is -2.13. The number of hydrazone groups is 1. The van der Waals surface area contributed by atoms with E-state index >= 15 is 0 Å². The van der Waals surface area contributed by atoms with Crippen molar-refractivity contribution >= 4 is 11.4 Å². The fraction of sp³-hybridized carbons (Fsp3) is 0.188. The standard InChI is InChI=1S/C16H16N2/c1-13-6-5-9-15(12-13)18-11-10-16(17-18)14-7-3-2-4-8-14/h2-9,12H,10-11H2,1H3. The minimum Gasteiger partial charge on any atom is -0.265 e. The molecule has 0 radical (unpaired) electrons. The molecular weight excluding hydrogens is 220 g/mol. The third-order valence-electron chi connectivity index (χ3n) is 3.21. The van der Waals surface area contributed by atoms with Crippen LogP contribution >= 0.6 is 0 Å². The smallest absolute Gasteiger partial charge is 0.0700 e. The van der Waals surface area contributed by atoms with Gasteiger partial charge in [-0.05, 0) is 30.2 Å². The zero-order chi connectivity index (χ0) is 12.4. The van der Waals surface area contributed by atoms with Crippen molar-refractivity contribution < 1.29 is 0 Å². The highest BCUT2D eigenvalue weighted by Crippen LogP contribution is 2.22. The third kappa shape index (κ3) is 2.14. The normalized spacial score (nSPS) is 14.7. The largest absolute Gasteiger partial charge is 0.265 e. The van der Waals surface area contributed by atoms with Gasteiger partial charge in [-0.3, -0.25) is 5.01 Å². The monoisotopic (exact) mass is 236 g/mol. The van der Waals surface area contributed by atoms with E-state index in [9.17, 15) is 0 Å². The Morgan fingerprint density at radius 2 is 1.83 bits per heavy atom. The van der Waals surface area contributed by atoms with Crippen LogP contribution in [0.1, 0.15) is 17.5 Å². The minimum atomic E-state index is 0.966. The molecule has 0 saturated carbocycles. The van der Waals surface area contributed by atoms with E-state index in [2.05, 4.69) is 60.5 Å². The van der Waals surface area contributed by atoms with Gasteiger partial charge in [0.25, 0.3) is 0 Å². The summed E-state index contributed by atoms with van der Waals surface area (Å²) in [6, 6.07) is 18.9. The van der Waals surface area contributed by atoms with Gasteiger partial charge in [0.1, 0.15) is 0 Å². The molecule has 1 heterocycles. The molecule has 0 unspecified atom stereocenters. The maximum Gasteiger partial charge on any atom is 0.0700 e. The van der Waals surface area contributed by atoms with Crippen LogP contribution in [0.3, 0.4) is 0 Å². The van der Waals surface area contributed by atoms with Crippen molar-refractivity contribution in [1.82, 2.24) is 0 Å². The second-order valence-electron chi connectivity index (χ2n) is 4.62. The number of rotatable bonds is 2. The lowest BCUT2D eigenvalue weighted by atomic mass is 10.1. The van der Waals surface area contributed by atoms with Crippen molar-refractivity contribution in [1.29, 1.82) is 0 Å². The van der Waals surface area contributed by atoms with Gasteiger partial charge in [0, 0.05) is 13.0 Å². The number of nitrogens with zero attached hydrogens (tertiary/aromatic N) is 2. The van der Waals surface area contributed by atoms with E-state index in [0.29, 0.717) is 0 Å². The molecule has 2 aromatic rings. The molecule has 18 heavy (non-hydrogen) atoms. The highest BCUT2D eigenvalue weighted by Gasteiger charge is 2.16. The highest BCUT2D eigenvalue weighted by atomic mass is 15.5. The molecular formula is C16H16N2. The Morgan fingerprint density at radius 1 is 1.00 bits per heavy atom. The van der Waals surface area contributed by atoms with Crippen LogP contribution in [-0.4, -0.2) is 12.3 Å². The summed E-state index contributed by atoms with van der Waals surface area (Å²) in [6.07, 6.45) is 1.01. The van der Waals surface area contributed by atoms with Crippen molar-refractivity contribution in [2.75, 3.05) is 11.6 Å². The number of hydrogen-bond acceptors (Lipinski definition) is 2. The molecule has 0 amide bonds. The van der Waals surface area contributed by atoms with Gasteiger partial charge in [-0.2, -0.15) is 5.10 Å². The Hall–Kier alpha value is -2.09. The van der Waals surface area contributed by atoms with E-state index in [1.165, 1.54) is 22.5 Å². The van der Waals surface area contributed by atoms with Gasteiger partial charge >= 0.3 is 0 Å². The van der Waals surface area contributed by atoms with Crippen LogP contribution in [-0.2, 0) is 0 Å². The Labute approximate surface area is 108 Å². The van der Waals surface area contributed by atoms with E-state index in [4.69, 9.17) is 5.10 Å². The van der Waals surface area contributed by atoms with Crippen LogP contribution in [0.25, 0.3) is 0 Å². The lowest BCUT2D eigenvalue weighted by molar-refractivity contribution is 0.921. The molecule has 0 saturated heterocycles. The van der Waals surface area contributed by atoms with Crippen molar-refractivity contribution in [2.45, 2.75) is 13.3 Å². The summed E-state index contributed by atoms with van der Waals surface area (Å²) in [4.78, 5) is 0. The minimum absolute atomic E-state index is 0.966. The van der Waals surface area contributed by atoms with Gasteiger partial charge in [0.2, 0.25) is 0 Å². The first kappa shape index (κ1) is 11.0.